The summed E-state index contributed by atoms with van der Waals surface area (Å²) in [5, 5.41) is 2.64. The fourth-order valence-electron chi connectivity index (χ4n) is 1.67. The fourth-order valence-corrected chi connectivity index (χ4v) is 1.67. The van der Waals surface area contributed by atoms with Gasteiger partial charge in [-0.1, -0.05) is 19.8 Å². The van der Waals surface area contributed by atoms with Gasteiger partial charge in [-0.25, -0.2) is 4.79 Å². The molecule has 1 saturated carbocycles. The van der Waals surface area contributed by atoms with Gasteiger partial charge in [-0.15, -0.1) is 0 Å². The third-order valence-electron chi connectivity index (χ3n) is 2.48. The summed E-state index contributed by atoms with van der Waals surface area (Å²) in [4.78, 5) is 11.2. The second-order valence-electron chi connectivity index (χ2n) is 3.80. The molecular formula is C11H20NO2. The number of carbonyl (C=O) groups excluding carboxylic acids is 1. The van der Waals surface area contributed by atoms with Gasteiger partial charge < -0.3 is 10.1 Å². The van der Waals surface area contributed by atoms with E-state index in [4.69, 9.17) is 4.74 Å². The summed E-state index contributed by atoms with van der Waals surface area (Å²) >= 11 is 0. The summed E-state index contributed by atoms with van der Waals surface area (Å²) in [7, 11) is 0. The summed E-state index contributed by atoms with van der Waals surface area (Å²) in [6, 6.07) is 0. The van der Waals surface area contributed by atoms with Crippen LogP contribution in [0.4, 0.5) is 4.79 Å². The number of unbranched alkanes of at least 4 members (excludes halogenated alkanes) is 1. The molecular weight excluding hydrogens is 178 g/mol. The van der Waals surface area contributed by atoms with Gasteiger partial charge in [0.2, 0.25) is 0 Å². The highest BCUT2D eigenvalue weighted by molar-refractivity contribution is 5.68. The van der Waals surface area contributed by atoms with Crippen LogP contribution in [0.2, 0.25) is 0 Å². The number of nitrogens with one attached hydrogen (secondary N) is 1. The van der Waals surface area contributed by atoms with E-state index in [1.54, 1.807) is 6.54 Å². The van der Waals surface area contributed by atoms with Gasteiger partial charge >= 0.3 is 6.09 Å². The Labute approximate surface area is 86.2 Å². The molecule has 1 aliphatic rings. The summed E-state index contributed by atoms with van der Waals surface area (Å²) in [6.07, 6.45) is 7.53. The second-order valence-corrected chi connectivity index (χ2v) is 3.80. The third-order valence-corrected chi connectivity index (χ3v) is 2.48. The van der Waals surface area contributed by atoms with Gasteiger partial charge in [0.1, 0.15) is 6.10 Å². The Morgan fingerprint density at radius 3 is 2.79 bits per heavy atom. The number of amides is 1. The van der Waals surface area contributed by atoms with Crippen LogP contribution in [0, 0.1) is 6.54 Å². The average Bonchev–Trinajstić information content (AvgIpc) is 2.20. The van der Waals surface area contributed by atoms with Crippen LogP contribution in [0.5, 0.6) is 0 Å². The third kappa shape index (κ3) is 4.49. The zero-order valence-corrected chi connectivity index (χ0v) is 8.92. The molecule has 0 atom stereocenters. The Morgan fingerprint density at radius 1 is 1.43 bits per heavy atom. The maximum Gasteiger partial charge on any atom is 0.407 e. The van der Waals surface area contributed by atoms with E-state index in [0.717, 1.165) is 25.7 Å². The van der Waals surface area contributed by atoms with E-state index >= 15 is 0 Å². The van der Waals surface area contributed by atoms with Gasteiger partial charge in [-0.3, -0.25) is 0 Å². The molecule has 0 saturated heterocycles. The molecule has 0 aromatic heterocycles. The normalized spacial score (nSPS) is 17.8. The van der Waals surface area contributed by atoms with Crippen LogP contribution in [0.15, 0.2) is 0 Å². The SMILES string of the molecule is CCC[CH]NC(=O)OC1CCCCC1. The monoisotopic (exact) mass is 198 g/mol. The van der Waals surface area contributed by atoms with Gasteiger partial charge in [-0.2, -0.15) is 0 Å². The van der Waals surface area contributed by atoms with Gasteiger partial charge in [0.05, 0.1) is 6.54 Å². The van der Waals surface area contributed by atoms with E-state index in [1.165, 1.54) is 19.3 Å². The zero-order valence-electron chi connectivity index (χ0n) is 8.92. The van der Waals surface area contributed by atoms with E-state index in [9.17, 15) is 4.79 Å². The molecule has 0 bridgehead atoms. The molecule has 1 amide bonds. The Balaban J connectivity index is 2.06. The summed E-state index contributed by atoms with van der Waals surface area (Å²) in [6.45, 7) is 3.84. The molecule has 1 radical (unpaired) electrons. The molecule has 3 heteroatoms. The van der Waals surface area contributed by atoms with Crippen molar-refractivity contribution in [2.45, 2.75) is 58.0 Å². The van der Waals surface area contributed by atoms with Gasteiger partial charge in [0, 0.05) is 0 Å². The first-order valence-corrected chi connectivity index (χ1v) is 5.61. The first-order valence-electron chi connectivity index (χ1n) is 5.61. The van der Waals surface area contributed by atoms with Gasteiger partial charge in [-0.05, 0) is 32.1 Å². The quantitative estimate of drug-likeness (QED) is 0.705. The molecule has 1 fully saturated rings. The van der Waals surface area contributed by atoms with Gasteiger partial charge in [0.15, 0.2) is 0 Å². The van der Waals surface area contributed by atoms with E-state index in [-0.39, 0.29) is 12.2 Å². The molecule has 0 aromatic rings. The van der Waals surface area contributed by atoms with Crippen LogP contribution in [0.3, 0.4) is 0 Å². The maximum atomic E-state index is 11.2. The topological polar surface area (TPSA) is 38.3 Å². The molecule has 0 aliphatic heterocycles. The number of ether oxygens (including phenoxy) is 1. The molecule has 1 aliphatic carbocycles. The second kappa shape index (κ2) is 6.68. The molecule has 14 heavy (non-hydrogen) atoms. The molecule has 1 N–H and O–H groups in total. The minimum atomic E-state index is -0.287. The zero-order chi connectivity index (χ0) is 10.2. The largest absolute Gasteiger partial charge is 0.446 e. The lowest BCUT2D eigenvalue weighted by Gasteiger charge is -2.21. The van der Waals surface area contributed by atoms with E-state index in [0.29, 0.717) is 0 Å². The highest BCUT2D eigenvalue weighted by Crippen LogP contribution is 2.20. The molecule has 3 nitrogen and oxygen atoms in total. The number of hydrogen-bond acceptors (Lipinski definition) is 2. The van der Waals surface area contributed by atoms with E-state index in [2.05, 4.69) is 12.2 Å². The minimum Gasteiger partial charge on any atom is -0.446 e. The van der Waals surface area contributed by atoms with Crippen LogP contribution < -0.4 is 5.32 Å². The van der Waals surface area contributed by atoms with E-state index < -0.39 is 0 Å². The Morgan fingerprint density at radius 2 is 2.14 bits per heavy atom. The molecule has 0 aromatic carbocycles. The van der Waals surface area contributed by atoms with Crippen molar-refractivity contribution in [3.05, 3.63) is 6.54 Å². The van der Waals surface area contributed by atoms with Crippen molar-refractivity contribution >= 4 is 6.09 Å². The summed E-state index contributed by atoms with van der Waals surface area (Å²) in [5.74, 6) is 0. The Hall–Kier alpha value is -0.730. The van der Waals surface area contributed by atoms with Crippen molar-refractivity contribution in [1.29, 1.82) is 0 Å². The first kappa shape index (κ1) is 11.3. The fraction of sp³-hybridized carbons (Fsp3) is 0.818. The Bertz CT molecular complexity index is 165. The smallest absolute Gasteiger partial charge is 0.407 e. The van der Waals surface area contributed by atoms with Crippen LogP contribution in [-0.2, 0) is 4.74 Å². The predicted molar refractivity (Wildman–Crippen MR) is 55.7 cm³/mol. The number of alkyl carbamates (subject to hydrolysis) is 1. The molecule has 81 valence electrons. The maximum absolute atomic E-state index is 11.2. The van der Waals surface area contributed by atoms with Crippen molar-refractivity contribution in [1.82, 2.24) is 5.32 Å². The van der Waals surface area contributed by atoms with Crippen molar-refractivity contribution < 1.29 is 9.53 Å². The molecule has 0 heterocycles. The first-order chi connectivity index (χ1) is 6.83. The lowest BCUT2D eigenvalue weighted by molar-refractivity contribution is 0.0769. The van der Waals surface area contributed by atoms with Crippen molar-refractivity contribution in [2.75, 3.05) is 0 Å². The molecule has 0 unspecified atom stereocenters. The lowest BCUT2D eigenvalue weighted by atomic mass is 9.98. The number of rotatable bonds is 4. The molecule has 1 rings (SSSR count). The lowest BCUT2D eigenvalue weighted by Crippen LogP contribution is -2.28. The van der Waals surface area contributed by atoms with Crippen LogP contribution in [-0.4, -0.2) is 12.2 Å². The predicted octanol–water partition coefficient (Wildman–Crippen LogP) is 3.01. The van der Waals surface area contributed by atoms with Crippen molar-refractivity contribution in [3.8, 4) is 0 Å². The summed E-state index contributed by atoms with van der Waals surface area (Å²) in [5.41, 5.74) is 0. The highest BCUT2D eigenvalue weighted by atomic mass is 16.6. The summed E-state index contributed by atoms with van der Waals surface area (Å²) < 4.78 is 5.26. The van der Waals surface area contributed by atoms with E-state index in [1.807, 2.05) is 0 Å². The Kier molecular flexibility index (Phi) is 5.42. The van der Waals surface area contributed by atoms with Crippen LogP contribution in [0.25, 0.3) is 0 Å². The van der Waals surface area contributed by atoms with Gasteiger partial charge in [0.25, 0.3) is 0 Å². The molecule has 0 spiro atoms. The number of hydrogen-bond donors (Lipinski definition) is 1. The van der Waals surface area contributed by atoms with Crippen molar-refractivity contribution in [2.24, 2.45) is 0 Å². The van der Waals surface area contributed by atoms with Crippen LogP contribution >= 0.6 is 0 Å². The highest BCUT2D eigenvalue weighted by Gasteiger charge is 2.16. The average molecular weight is 198 g/mol. The minimum absolute atomic E-state index is 0.152. The standard InChI is InChI=1S/C11H20NO2/c1-2-3-9-12-11(13)14-10-7-5-4-6-8-10/h9-10H,2-8H2,1H3,(H,12,13). The van der Waals surface area contributed by atoms with Crippen LogP contribution in [0.1, 0.15) is 51.9 Å². The number of carbonyl (C=O) groups is 1. The van der Waals surface area contributed by atoms with Crippen molar-refractivity contribution in [3.63, 3.8) is 0 Å².